The summed E-state index contributed by atoms with van der Waals surface area (Å²) in [5.74, 6) is 0.601. The van der Waals surface area contributed by atoms with Gasteiger partial charge in [0.15, 0.2) is 0 Å². The highest BCUT2D eigenvalue weighted by Crippen LogP contribution is 2.34. The van der Waals surface area contributed by atoms with E-state index in [1.165, 1.54) is 11.3 Å². The number of sulfonamides is 1. The van der Waals surface area contributed by atoms with Crippen LogP contribution in [0.3, 0.4) is 0 Å². The van der Waals surface area contributed by atoms with Crippen LogP contribution in [0.4, 0.5) is 0 Å². The Kier molecular flexibility index (Phi) is 4.59. The number of hydrogen-bond acceptors (Lipinski definition) is 4. The van der Waals surface area contributed by atoms with Crippen molar-refractivity contribution in [2.75, 3.05) is 6.61 Å². The lowest BCUT2D eigenvalue weighted by Crippen LogP contribution is -2.53. The Morgan fingerprint density at radius 3 is 2.45 bits per heavy atom. The second-order valence-electron chi connectivity index (χ2n) is 6.00. The molecule has 0 amide bonds. The maximum atomic E-state index is 12.6. The first-order valence-electron chi connectivity index (χ1n) is 7.00. The van der Waals surface area contributed by atoms with Crippen LogP contribution in [-0.2, 0) is 10.0 Å². The van der Waals surface area contributed by atoms with Crippen LogP contribution >= 0.6 is 11.3 Å². The Morgan fingerprint density at radius 2 is 2.00 bits per heavy atom. The van der Waals surface area contributed by atoms with Gasteiger partial charge >= 0.3 is 0 Å². The first kappa shape index (κ1) is 15.9. The molecule has 0 bridgehead atoms. The highest BCUT2D eigenvalue weighted by atomic mass is 32.2. The molecule has 0 atom stereocenters. The molecule has 2 rings (SSSR count). The summed E-state index contributed by atoms with van der Waals surface area (Å²) in [6.45, 7) is 5.75. The van der Waals surface area contributed by atoms with Crippen LogP contribution in [-0.4, -0.2) is 25.7 Å². The van der Waals surface area contributed by atoms with E-state index >= 15 is 0 Å². The lowest BCUT2D eigenvalue weighted by molar-refractivity contribution is 0.125. The number of thiophene rings is 1. The molecule has 0 spiro atoms. The molecule has 6 heteroatoms. The van der Waals surface area contributed by atoms with Gasteiger partial charge in [-0.15, -0.1) is 11.3 Å². The summed E-state index contributed by atoms with van der Waals surface area (Å²) in [7, 11) is -3.56. The normalized spacial score (nSPS) is 27.7. The molecule has 1 heterocycles. The topological polar surface area (TPSA) is 66.4 Å². The molecule has 20 heavy (non-hydrogen) atoms. The average molecular weight is 317 g/mol. The SMILES string of the molecule is Cc1cc(S(=O)(=O)NC2(CO)CCC(C)CC2)c(C)s1. The molecule has 1 aliphatic carbocycles. The summed E-state index contributed by atoms with van der Waals surface area (Å²) in [5.41, 5.74) is -0.687. The zero-order valence-electron chi connectivity index (χ0n) is 12.3. The van der Waals surface area contributed by atoms with Crippen molar-refractivity contribution in [3.05, 3.63) is 15.8 Å². The molecular weight excluding hydrogens is 294 g/mol. The molecule has 0 unspecified atom stereocenters. The fraction of sp³-hybridized carbons (Fsp3) is 0.714. The first-order valence-corrected chi connectivity index (χ1v) is 9.30. The van der Waals surface area contributed by atoms with Crippen molar-refractivity contribution in [1.29, 1.82) is 0 Å². The quantitative estimate of drug-likeness (QED) is 0.897. The van der Waals surface area contributed by atoms with E-state index in [9.17, 15) is 13.5 Å². The first-order chi connectivity index (χ1) is 9.28. The van der Waals surface area contributed by atoms with Gasteiger partial charge in [0, 0.05) is 9.75 Å². The van der Waals surface area contributed by atoms with Gasteiger partial charge in [0.05, 0.1) is 17.0 Å². The monoisotopic (exact) mass is 317 g/mol. The van der Waals surface area contributed by atoms with Crippen LogP contribution < -0.4 is 4.72 Å². The van der Waals surface area contributed by atoms with E-state index in [2.05, 4.69) is 11.6 Å². The van der Waals surface area contributed by atoms with Gasteiger partial charge in [-0.2, -0.15) is 0 Å². The van der Waals surface area contributed by atoms with E-state index in [1.807, 2.05) is 13.8 Å². The van der Waals surface area contributed by atoms with Crippen LogP contribution in [0.1, 0.15) is 42.4 Å². The van der Waals surface area contributed by atoms with Crippen molar-refractivity contribution < 1.29 is 13.5 Å². The molecule has 0 aliphatic heterocycles. The van der Waals surface area contributed by atoms with Gasteiger partial charge in [-0.3, -0.25) is 0 Å². The smallest absolute Gasteiger partial charge is 0.242 e. The largest absolute Gasteiger partial charge is 0.394 e. The molecule has 0 radical (unpaired) electrons. The Bertz CT molecular complexity index is 569. The third-order valence-electron chi connectivity index (χ3n) is 4.17. The Morgan fingerprint density at radius 1 is 1.40 bits per heavy atom. The molecule has 1 aromatic heterocycles. The van der Waals surface area contributed by atoms with Gasteiger partial charge in [-0.25, -0.2) is 13.1 Å². The molecule has 0 aromatic carbocycles. The number of rotatable bonds is 4. The molecule has 1 aromatic rings. The number of hydrogen-bond donors (Lipinski definition) is 2. The van der Waals surface area contributed by atoms with Gasteiger partial charge in [0.2, 0.25) is 10.0 Å². The minimum Gasteiger partial charge on any atom is -0.394 e. The van der Waals surface area contributed by atoms with E-state index in [-0.39, 0.29) is 6.61 Å². The molecule has 1 aliphatic rings. The summed E-state index contributed by atoms with van der Waals surface area (Å²) in [5, 5.41) is 9.69. The maximum absolute atomic E-state index is 12.6. The second-order valence-corrected chi connectivity index (χ2v) is 9.12. The molecule has 114 valence electrons. The minimum atomic E-state index is -3.56. The van der Waals surface area contributed by atoms with Crippen LogP contribution in [0, 0.1) is 19.8 Å². The lowest BCUT2D eigenvalue weighted by atomic mass is 9.78. The van der Waals surface area contributed by atoms with Crippen molar-refractivity contribution >= 4 is 21.4 Å². The summed E-state index contributed by atoms with van der Waals surface area (Å²) in [6.07, 6.45) is 3.30. The van der Waals surface area contributed by atoms with Crippen molar-refractivity contribution in [3.63, 3.8) is 0 Å². The highest BCUT2D eigenvalue weighted by Gasteiger charge is 2.38. The van der Waals surface area contributed by atoms with Crippen LogP contribution in [0.5, 0.6) is 0 Å². The number of aryl methyl sites for hydroxylation is 2. The van der Waals surface area contributed by atoms with Gasteiger partial charge in [0.1, 0.15) is 0 Å². The van der Waals surface area contributed by atoms with E-state index in [1.54, 1.807) is 6.07 Å². The van der Waals surface area contributed by atoms with Crippen LogP contribution in [0.15, 0.2) is 11.0 Å². The zero-order chi connectivity index (χ0) is 15.0. The average Bonchev–Trinajstić information content (AvgIpc) is 2.72. The Hall–Kier alpha value is -0.430. The van der Waals surface area contributed by atoms with E-state index in [4.69, 9.17) is 0 Å². The van der Waals surface area contributed by atoms with Gasteiger partial charge in [-0.05, 0) is 51.5 Å². The lowest BCUT2D eigenvalue weighted by Gasteiger charge is -2.38. The maximum Gasteiger partial charge on any atom is 0.242 e. The molecule has 4 nitrogen and oxygen atoms in total. The highest BCUT2D eigenvalue weighted by molar-refractivity contribution is 7.89. The molecule has 0 saturated heterocycles. The van der Waals surface area contributed by atoms with Crippen molar-refractivity contribution in [2.45, 2.75) is 56.9 Å². The number of aliphatic hydroxyl groups excluding tert-OH is 1. The number of nitrogens with one attached hydrogen (secondary N) is 1. The predicted molar refractivity (Wildman–Crippen MR) is 81.6 cm³/mol. The van der Waals surface area contributed by atoms with Crippen molar-refractivity contribution in [2.24, 2.45) is 5.92 Å². The summed E-state index contributed by atoms with van der Waals surface area (Å²) >= 11 is 1.48. The van der Waals surface area contributed by atoms with E-state index < -0.39 is 15.6 Å². The standard InChI is InChI=1S/C14H23NO3S2/c1-10-4-6-14(9-16,7-5-10)15-20(17,18)13-8-11(2)19-12(13)3/h8,10,15-16H,4-7,9H2,1-3H3. The third kappa shape index (κ3) is 3.24. The van der Waals surface area contributed by atoms with E-state index in [0.29, 0.717) is 23.7 Å². The fourth-order valence-electron chi connectivity index (χ4n) is 2.82. The van der Waals surface area contributed by atoms with Crippen LogP contribution in [0.25, 0.3) is 0 Å². The second kappa shape index (κ2) is 5.75. The van der Waals surface area contributed by atoms with Gasteiger partial charge in [-0.1, -0.05) is 6.92 Å². The third-order valence-corrected chi connectivity index (χ3v) is 6.97. The minimum absolute atomic E-state index is 0.138. The molecule has 1 fully saturated rings. The Labute approximate surface area is 125 Å². The molecule has 2 N–H and O–H groups in total. The molecule has 1 saturated carbocycles. The van der Waals surface area contributed by atoms with E-state index in [0.717, 1.165) is 22.6 Å². The van der Waals surface area contributed by atoms with Gasteiger partial charge in [0.25, 0.3) is 0 Å². The fourth-order valence-corrected chi connectivity index (χ4v) is 5.83. The van der Waals surface area contributed by atoms with Crippen molar-refractivity contribution in [3.8, 4) is 0 Å². The molecular formula is C14H23NO3S2. The summed E-state index contributed by atoms with van der Waals surface area (Å²) in [6, 6.07) is 1.71. The Balaban J connectivity index is 2.24. The zero-order valence-corrected chi connectivity index (χ0v) is 13.9. The van der Waals surface area contributed by atoms with Crippen molar-refractivity contribution in [1.82, 2.24) is 4.72 Å². The number of aliphatic hydroxyl groups is 1. The predicted octanol–water partition coefficient (Wildman–Crippen LogP) is 2.58. The van der Waals surface area contributed by atoms with Crippen LogP contribution in [0.2, 0.25) is 0 Å². The summed E-state index contributed by atoms with van der Waals surface area (Å²) < 4.78 is 27.9. The van der Waals surface area contributed by atoms with Gasteiger partial charge < -0.3 is 5.11 Å². The summed E-state index contributed by atoms with van der Waals surface area (Å²) in [4.78, 5) is 2.14.